The Balaban J connectivity index is 2.41. The van der Waals surface area contributed by atoms with E-state index < -0.39 is 6.43 Å². The number of hydrogen-bond donors (Lipinski definition) is 1. The first-order valence-electron chi connectivity index (χ1n) is 5.65. The van der Waals surface area contributed by atoms with E-state index in [0.29, 0.717) is 11.3 Å². The van der Waals surface area contributed by atoms with Crippen LogP contribution in [0.4, 0.5) is 8.78 Å². The first-order valence-corrected chi connectivity index (χ1v) is 6.64. The third kappa shape index (κ3) is 3.41. The standard InChI is InChI=1S/C13H12F2N2OS/c1-8-11(9-5-3-2-4-6-9)16-13(17-12(8)18)19-7-10(14)15/h2-6,10H,7H2,1H3,(H,16,17,18). The molecule has 100 valence electrons. The van der Waals surface area contributed by atoms with Crippen LogP contribution >= 0.6 is 11.8 Å². The minimum atomic E-state index is -2.43. The van der Waals surface area contributed by atoms with E-state index >= 15 is 0 Å². The smallest absolute Gasteiger partial charge is 0.255 e. The van der Waals surface area contributed by atoms with Gasteiger partial charge in [-0.05, 0) is 6.92 Å². The van der Waals surface area contributed by atoms with Crippen molar-refractivity contribution in [2.45, 2.75) is 18.5 Å². The van der Waals surface area contributed by atoms with E-state index in [2.05, 4.69) is 9.97 Å². The lowest BCUT2D eigenvalue weighted by molar-refractivity contribution is 0.176. The molecular formula is C13H12F2N2OS. The van der Waals surface area contributed by atoms with Crippen molar-refractivity contribution in [1.29, 1.82) is 0 Å². The number of hydrogen-bond acceptors (Lipinski definition) is 3. The number of thioether (sulfide) groups is 1. The third-order valence-electron chi connectivity index (χ3n) is 2.52. The highest BCUT2D eigenvalue weighted by Crippen LogP contribution is 2.22. The number of rotatable bonds is 4. The van der Waals surface area contributed by atoms with Gasteiger partial charge in [0.2, 0.25) is 6.43 Å². The van der Waals surface area contributed by atoms with Crippen molar-refractivity contribution in [3.05, 3.63) is 46.2 Å². The summed E-state index contributed by atoms with van der Waals surface area (Å²) in [5.74, 6) is -0.389. The lowest BCUT2D eigenvalue weighted by Crippen LogP contribution is -2.14. The van der Waals surface area contributed by atoms with Crippen LogP contribution in [0.3, 0.4) is 0 Å². The van der Waals surface area contributed by atoms with E-state index in [-0.39, 0.29) is 16.5 Å². The van der Waals surface area contributed by atoms with Crippen LogP contribution in [0.1, 0.15) is 5.56 Å². The van der Waals surface area contributed by atoms with Gasteiger partial charge in [-0.1, -0.05) is 42.1 Å². The molecule has 6 heteroatoms. The molecule has 1 N–H and O–H groups in total. The normalized spacial score (nSPS) is 10.9. The molecular weight excluding hydrogens is 270 g/mol. The van der Waals surface area contributed by atoms with E-state index in [4.69, 9.17) is 0 Å². The molecule has 1 aromatic carbocycles. The maximum absolute atomic E-state index is 12.2. The van der Waals surface area contributed by atoms with Crippen LogP contribution in [0.25, 0.3) is 11.3 Å². The highest BCUT2D eigenvalue weighted by molar-refractivity contribution is 7.99. The van der Waals surface area contributed by atoms with Gasteiger partial charge in [0.25, 0.3) is 5.56 Å². The molecule has 0 aliphatic carbocycles. The van der Waals surface area contributed by atoms with E-state index in [1.807, 2.05) is 30.3 Å². The van der Waals surface area contributed by atoms with Crippen molar-refractivity contribution in [2.75, 3.05) is 5.75 Å². The molecule has 0 fully saturated rings. The van der Waals surface area contributed by atoms with E-state index in [9.17, 15) is 13.6 Å². The van der Waals surface area contributed by atoms with Crippen molar-refractivity contribution in [2.24, 2.45) is 0 Å². The first-order chi connectivity index (χ1) is 9.08. The van der Waals surface area contributed by atoms with Crippen molar-refractivity contribution >= 4 is 11.8 Å². The van der Waals surface area contributed by atoms with Gasteiger partial charge in [0.1, 0.15) is 0 Å². The number of nitrogens with zero attached hydrogens (tertiary/aromatic N) is 1. The summed E-state index contributed by atoms with van der Waals surface area (Å²) in [7, 11) is 0. The van der Waals surface area contributed by atoms with Crippen LogP contribution in [-0.4, -0.2) is 22.1 Å². The molecule has 0 saturated carbocycles. The Bertz CT molecular complexity index is 614. The van der Waals surface area contributed by atoms with Crippen molar-refractivity contribution in [3.8, 4) is 11.3 Å². The Hall–Kier alpha value is -1.69. The van der Waals surface area contributed by atoms with Gasteiger partial charge in [0, 0.05) is 11.1 Å². The highest BCUT2D eigenvalue weighted by Gasteiger charge is 2.11. The summed E-state index contributed by atoms with van der Waals surface area (Å²) in [5, 5.41) is 0.217. The van der Waals surface area contributed by atoms with Gasteiger partial charge in [-0.3, -0.25) is 4.79 Å². The Morgan fingerprint density at radius 3 is 2.63 bits per heavy atom. The van der Waals surface area contributed by atoms with Gasteiger partial charge in [-0.2, -0.15) is 0 Å². The van der Waals surface area contributed by atoms with E-state index in [0.717, 1.165) is 17.3 Å². The molecule has 0 atom stereocenters. The van der Waals surface area contributed by atoms with E-state index in [1.54, 1.807) is 6.92 Å². The van der Waals surface area contributed by atoms with Crippen molar-refractivity contribution in [1.82, 2.24) is 9.97 Å². The molecule has 0 saturated heterocycles. The highest BCUT2D eigenvalue weighted by atomic mass is 32.2. The maximum Gasteiger partial charge on any atom is 0.255 e. The van der Waals surface area contributed by atoms with Crippen LogP contribution in [0.2, 0.25) is 0 Å². The fourth-order valence-electron chi connectivity index (χ4n) is 1.60. The van der Waals surface area contributed by atoms with Crippen LogP contribution in [0.5, 0.6) is 0 Å². The zero-order valence-electron chi connectivity index (χ0n) is 10.2. The van der Waals surface area contributed by atoms with Gasteiger partial charge < -0.3 is 4.98 Å². The summed E-state index contributed by atoms with van der Waals surface area (Å²) < 4.78 is 24.4. The second-order valence-corrected chi connectivity index (χ2v) is 4.92. The Morgan fingerprint density at radius 2 is 2.00 bits per heavy atom. The van der Waals surface area contributed by atoms with Gasteiger partial charge in [-0.15, -0.1) is 0 Å². The second-order valence-electron chi connectivity index (χ2n) is 3.91. The van der Waals surface area contributed by atoms with Gasteiger partial charge in [0.05, 0.1) is 11.4 Å². The molecule has 0 amide bonds. The third-order valence-corrected chi connectivity index (χ3v) is 3.41. The molecule has 0 aliphatic rings. The largest absolute Gasteiger partial charge is 0.301 e. The van der Waals surface area contributed by atoms with Crippen molar-refractivity contribution in [3.63, 3.8) is 0 Å². The summed E-state index contributed by atoms with van der Waals surface area (Å²) in [4.78, 5) is 18.5. The fraction of sp³-hybridized carbons (Fsp3) is 0.231. The zero-order valence-corrected chi connectivity index (χ0v) is 11.0. The predicted molar refractivity (Wildman–Crippen MR) is 71.8 cm³/mol. The minimum absolute atomic E-state index is 0.217. The molecule has 2 aromatic rings. The Kier molecular flexibility index (Phi) is 4.31. The quantitative estimate of drug-likeness (QED) is 0.692. The topological polar surface area (TPSA) is 45.8 Å². The summed E-state index contributed by atoms with van der Waals surface area (Å²) in [5.41, 5.74) is 1.50. The lowest BCUT2D eigenvalue weighted by Gasteiger charge is -2.07. The molecule has 0 spiro atoms. The molecule has 0 bridgehead atoms. The van der Waals surface area contributed by atoms with Crippen LogP contribution in [0, 0.1) is 6.92 Å². The Morgan fingerprint density at radius 1 is 1.32 bits per heavy atom. The monoisotopic (exact) mass is 282 g/mol. The molecule has 3 nitrogen and oxygen atoms in total. The van der Waals surface area contributed by atoms with Gasteiger partial charge in [-0.25, -0.2) is 13.8 Å². The fourth-order valence-corrected chi connectivity index (χ4v) is 2.20. The number of H-pyrrole nitrogens is 1. The summed E-state index contributed by atoms with van der Waals surface area (Å²) in [6.45, 7) is 1.66. The maximum atomic E-state index is 12.2. The summed E-state index contributed by atoms with van der Waals surface area (Å²) in [6.07, 6.45) is -2.43. The average molecular weight is 282 g/mol. The summed E-state index contributed by atoms with van der Waals surface area (Å²) >= 11 is 0.844. The minimum Gasteiger partial charge on any atom is -0.301 e. The molecule has 1 aromatic heterocycles. The second kappa shape index (κ2) is 5.97. The molecule has 0 radical (unpaired) electrons. The lowest BCUT2D eigenvalue weighted by atomic mass is 10.1. The number of alkyl halides is 2. The van der Waals surface area contributed by atoms with Gasteiger partial charge >= 0.3 is 0 Å². The van der Waals surface area contributed by atoms with Crippen molar-refractivity contribution < 1.29 is 8.78 Å². The molecule has 1 heterocycles. The van der Waals surface area contributed by atoms with Gasteiger partial charge in [0.15, 0.2) is 5.16 Å². The van der Waals surface area contributed by atoms with Crippen LogP contribution in [0.15, 0.2) is 40.3 Å². The average Bonchev–Trinajstić information content (AvgIpc) is 2.41. The van der Waals surface area contributed by atoms with E-state index in [1.165, 1.54) is 0 Å². The number of benzene rings is 1. The predicted octanol–water partition coefficient (Wildman–Crippen LogP) is 3.10. The van der Waals surface area contributed by atoms with Crippen LogP contribution < -0.4 is 5.56 Å². The number of aromatic amines is 1. The van der Waals surface area contributed by atoms with Crippen LogP contribution in [-0.2, 0) is 0 Å². The SMILES string of the molecule is Cc1c(-c2ccccc2)nc(SCC(F)F)[nH]c1=O. The number of aromatic nitrogens is 2. The zero-order chi connectivity index (χ0) is 13.8. The molecule has 19 heavy (non-hydrogen) atoms. The number of nitrogens with one attached hydrogen (secondary N) is 1. The molecule has 0 unspecified atom stereocenters. The number of halogens is 2. The molecule has 0 aliphatic heterocycles. The Labute approximate surface area is 113 Å². The summed E-state index contributed by atoms with van der Waals surface area (Å²) in [6, 6.07) is 9.19. The molecule has 2 rings (SSSR count). The first kappa shape index (κ1) is 13.7.